The summed E-state index contributed by atoms with van der Waals surface area (Å²) < 4.78 is 6.44. The number of aromatic nitrogens is 1. The summed E-state index contributed by atoms with van der Waals surface area (Å²) in [6.07, 6.45) is 0. The van der Waals surface area contributed by atoms with Gasteiger partial charge in [-0.3, -0.25) is 0 Å². The van der Waals surface area contributed by atoms with E-state index in [4.69, 9.17) is 16.3 Å². The molecule has 1 aromatic heterocycles. The molecule has 0 amide bonds. The van der Waals surface area contributed by atoms with Crippen LogP contribution in [-0.4, -0.2) is 18.1 Å². The van der Waals surface area contributed by atoms with Crippen LogP contribution in [0.2, 0.25) is 5.02 Å². The Balaban J connectivity index is 1.87. The van der Waals surface area contributed by atoms with E-state index in [0.29, 0.717) is 6.61 Å². The highest BCUT2D eigenvalue weighted by Crippen LogP contribution is 2.31. The molecule has 0 saturated carbocycles. The molecule has 0 N–H and O–H groups in total. The van der Waals surface area contributed by atoms with Crippen molar-refractivity contribution < 1.29 is 4.74 Å². The molecule has 5 heteroatoms. The number of anilines is 1. The standard InChI is InChI=1S/C14H12BrClN2O/c15-13-6-5-12-14(17-13)18(7-8-19-12)9-10-1-3-11(16)4-2-10/h1-6H,7-9H2. The molecule has 3 rings (SSSR count). The number of benzene rings is 1. The fourth-order valence-corrected chi connectivity index (χ4v) is 2.51. The van der Waals surface area contributed by atoms with Gasteiger partial charge in [-0.2, -0.15) is 0 Å². The van der Waals surface area contributed by atoms with Gasteiger partial charge in [-0.25, -0.2) is 4.98 Å². The van der Waals surface area contributed by atoms with Gasteiger partial charge in [-0.15, -0.1) is 0 Å². The van der Waals surface area contributed by atoms with E-state index in [1.807, 2.05) is 36.4 Å². The van der Waals surface area contributed by atoms with Gasteiger partial charge < -0.3 is 9.64 Å². The smallest absolute Gasteiger partial charge is 0.172 e. The Morgan fingerprint density at radius 3 is 2.79 bits per heavy atom. The van der Waals surface area contributed by atoms with Crippen LogP contribution in [-0.2, 0) is 6.54 Å². The summed E-state index contributed by atoms with van der Waals surface area (Å²) in [5.41, 5.74) is 1.21. The predicted molar refractivity (Wildman–Crippen MR) is 79.9 cm³/mol. The molecule has 19 heavy (non-hydrogen) atoms. The zero-order valence-electron chi connectivity index (χ0n) is 10.1. The molecule has 0 bridgehead atoms. The van der Waals surface area contributed by atoms with Crippen molar-refractivity contribution in [1.82, 2.24) is 4.98 Å². The van der Waals surface area contributed by atoms with E-state index in [1.54, 1.807) is 0 Å². The normalized spacial score (nSPS) is 13.9. The van der Waals surface area contributed by atoms with Crippen molar-refractivity contribution in [2.24, 2.45) is 0 Å². The Morgan fingerprint density at radius 2 is 2.00 bits per heavy atom. The van der Waals surface area contributed by atoms with Gasteiger partial charge in [0.05, 0.1) is 6.54 Å². The van der Waals surface area contributed by atoms with Crippen LogP contribution in [0.4, 0.5) is 5.82 Å². The predicted octanol–water partition coefficient (Wildman–Crippen LogP) is 3.90. The van der Waals surface area contributed by atoms with Crippen molar-refractivity contribution in [3.05, 3.63) is 51.6 Å². The molecule has 0 aliphatic carbocycles. The lowest BCUT2D eigenvalue weighted by Gasteiger charge is -2.30. The lowest BCUT2D eigenvalue weighted by Crippen LogP contribution is -2.33. The Hall–Kier alpha value is -1.26. The van der Waals surface area contributed by atoms with E-state index in [1.165, 1.54) is 5.56 Å². The highest BCUT2D eigenvalue weighted by atomic mass is 79.9. The third-order valence-corrected chi connectivity index (χ3v) is 3.70. The van der Waals surface area contributed by atoms with Crippen LogP contribution in [0, 0.1) is 0 Å². The van der Waals surface area contributed by atoms with Gasteiger partial charge in [0, 0.05) is 11.6 Å². The summed E-state index contributed by atoms with van der Waals surface area (Å²) in [5.74, 6) is 1.72. The molecule has 0 unspecified atom stereocenters. The Bertz CT molecular complexity index is 588. The van der Waals surface area contributed by atoms with Crippen LogP contribution in [0.5, 0.6) is 5.75 Å². The summed E-state index contributed by atoms with van der Waals surface area (Å²) in [5, 5.41) is 0.756. The molecule has 2 aromatic rings. The van der Waals surface area contributed by atoms with Gasteiger partial charge >= 0.3 is 0 Å². The zero-order valence-corrected chi connectivity index (χ0v) is 12.5. The molecule has 1 aliphatic rings. The van der Waals surface area contributed by atoms with Gasteiger partial charge in [0.2, 0.25) is 0 Å². The average Bonchev–Trinajstić information content (AvgIpc) is 2.42. The van der Waals surface area contributed by atoms with E-state index in [2.05, 4.69) is 25.8 Å². The second-order valence-corrected chi connectivity index (χ2v) is 5.60. The quantitative estimate of drug-likeness (QED) is 0.776. The van der Waals surface area contributed by atoms with Crippen LogP contribution in [0.3, 0.4) is 0 Å². The van der Waals surface area contributed by atoms with E-state index in [-0.39, 0.29) is 0 Å². The third-order valence-electron chi connectivity index (χ3n) is 3.01. The highest BCUT2D eigenvalue weighted by molar-refractivity contribution is 9.10. The maximum atomic E-state index is 5.90. The van der Waals surface area contributed by atoms with Crippen LogP contribution >= 0.6 is 27.5 Å². The first kappa shape index (κ1) is 12.8. The molecule has 0 saturated heterocycles. The van der Waals surface area contributed by atoms with Crippen molar-refractivity contribution in [2.45, 2.75) is 6.54 Å². The van der Waals surface area contributed by atoms with Gasteiger partial charge in [0.15, 0.2) is 11.6 Å². The molecule has 2 heterocycles. The molecule has 1 aromatic carbocycles. The van der Waals surface area contributed by atoms with Crippen molar-refractivity contribution in [1.29, 1.82) is 0 Å². The van der Waals surface area contributed by atoms with Crippen molar-refractivity contribution in [3.63, 3.8) is 0 Å². The number of rotatable bonds is 2. The van der Waals surface area contributed by atoms with Gasteiger partial charge in [0.25, 0.3) is 0 Å². The fourth-order valence-electron chi connectivity index (χ4n) is 2.09. The topological polar surface area (TPSA) is 25.4 Å². The number of hydrogen-bond donors (Lipinski definition) is 0. The average molecular weight is 340 g/mol. The summed E-state index contributed by atoms with van der Waals surface area (Å²) in [6.45, 7) is 2.32. The molecule has 0 spiro atoms. The van der Waals surface area contributed by atoms with Crippen molar-refractivity contribution >= 4 is 33.3 Å². The maximum absolute atomic E-state index is 5.90. The van der Waals surface area contributed by atoms with Crippen LogP contribution < -0.4 is 9.64 Å². The number of nitrogens with zero attached hydrogens (tertiary/aromatic N) is 2. The first-order valence-corrected chi connectivity index (χ1v) is 7.18. The van der Waals surface area contributed by atoms with Crippen molar-refractivity contribution in [3.8, 4) is 5.75 Å². The molecule has 0 atom stereocenters. The van der Waals surface area contributed by atoms with Crippen LogP contribution in [0.25, 0.3) is 0 Å². The highest BCUT2D eigenvalue weighted by Gasteiger charge is 2.19. The summed E-state index contributed by atoms with van der Waals surface area (Å²) in [6, 6.07) is 11.7. The van der Waals surface area contributed by atoms with E-state index < -0.39 is 0 Å². The number of fused-ring (bicyclic) bond motifs is 1. The first-order valence-electron chi connectivity index (χ1n) is 6.01. The zero-order chi connectivity index (χ0) is 13.2. The van der Waals surface area contributed by atoms with Crippen LogP contribution in [0.15, 0.2) is 41.0 Å². The summed E-state index contributed by atoms with van der Waals surface area (Å²) in [4.78, 5) is 6.72. The second kappa shape index (κ2) is 5.39. The van der Waals surface area contributed by atoms with E-state index >= 15 is 0 Å². The van der Waals surface area contributed by atoms with Crippen LogP contribution in [0.1, 0.15) is 5.56 Å². The molecular formula is C14H12BrClN2O. The van der Waals surface area contributed by atoms with Crippen molar-refractivity contribution in [2.75, 3.05) is 18.1 Å². The monoisotopic (exact) mass is 338 g/mol. The van der Waals surface area contributed by atoms with Gasteiger partial charge in [-0.05, 0) is 45.8 Å². The number of ether oxygens (including phenoxy) is 1. The minimum absolute atomic E-state index is 0.684. The fraction of sp³-hybridized carbons (Fsp3) is 0.214. The molecule has 98 valence electrons. The first-order chi connectivity index (χ1) is 9.22. The molecule has 0 fully saturated rings. The molecule has 0 radical (unpaired) electrons. The van der Waals surface area contributed by atoms with E-state index in [9.17, 15) is 0 Å². The van der Waals surface area contributed by atoms with E-state index in [0.717, 1.165) is 34.3 Å². The minimum Gasteiger partial charge on any atom is -0.488 e. The Morgan fingerprint density at radius 1 is 1.21 bits per heavy atom. The lowest BCUT2D eigenvalue weighted by atomic mass is 10.2. The molecule has 3 nitrogen and oxygen atoms in total. The van der Waals surface area contributed by atoms with Gasteiger partial charge in [0.1, 0.15) is 11.2 Å². The molecular weight excluding hydrogens is 328 g/mol. The maximum Gasteiger partial charge on any atom is 0.172 e. The Labute approximate surface area is 125 Å². The van der Waals surface area contributed by atoms with Gasteiger partial charge in [-0.1, -0.05) is 23.7 Å². The third kappa shape index (κ3) is 2.85. The Kier molecular flexibility index (Phi) is 3.62. The number of halogens is 2. The summed E-state index contributed by atoms with van der Waals surface area (Å²) >= 11 is 9.31. The number of pyridine rings is 1. The minimum atomic E-state index is 0.684. The SMILES string of the molecule is Clc1ccc(CN2CCOc3ccc(Br)nc32)cc1. The lowest BCUT2D eigenvalue weighted by molar-refractivity contribution is 0.304. The molecule has 1 aliphatic heterocycles. The largest absolute Gasteiger partial charge is 0.488 e. The second-order valence-electron chi connectivity index (χ2n) is 4.35. The summed E-state index contributed by atoms with van der Waals surface area (Å²) in [7, 11) is 0. The number of hydrogen-bond acceptors (Lipinski definition) is 3.